The molecule has 0 aliphatic heterocycles. The van der Waals surface area contributed by atoms with Gasteiger partial charge in [-0.05, 0) is 65.2 Å². The van der Waals surface area contributed by atoms with Crippen molar-refractivity contribution >= 4 is 16.6 Å². The lowest BCUT2D eigenvalue weighted by Gasteiger charge is -2.31. The second-order valence-corrected chi connectivity index (χ2v) is 8.46. The number of nitrogens with zero attached hydrogens (tertiary/aromatic N) is 2. The summed E-state index contributed by atoms with van der Waals surface area (Å²) >= 11 is 0. The van der Waals surface area contributed by atoms with Gasteiger partial charge in [0.05, 0.1) is 23.9 Å². The Kier molecular flexibility index (Phi) is 5.97. The highest BCUT2D eigenvalue weighted by Crippen LogP contribution is 2.40. The fourth-order valence-electron chi connectivity index (χ4n) is 4.09. The van der Waals surface area contributed by atoms with E-state index in [4.69, 9.17) is 0 Å². The standard InChI is InChI=1S/C28H21F4N3O/c29-23-9-13-25(14-10-23)35-26-15-8-22(16-21(26)17-34-35)27(36,28(30,31)32)18-33-24-11-6-20(7-12-24)19-4-2-1-3-5-19/h1-17,33,36H,18H2. The quantitative estimate of drug-likeness (QED) is 0.260. The summed E-state index contributed by atoms with van der Waals surface area (Å²) < 4.78 is 57.2. The van der Waals surface area contributed by atoms with E-state index in [0.29, 0.717) is 22.3 Å². The van der Waals surface area contributed by atoms with E-state index in [1.54, 1.807) is 24.3 Å². The molecule has 0 radical (unpaired) electrons. The summed E-state index contributed by atoms with van der Waals surface area (Å²) in [5, 5.41) is 18.2. The molecule has 1 heterocycles. The average molecular weight is 491 g/mol. The van der Waals surface area contributed by atoms with Gasteiger partial charge in [0.1, 0.15) is 5.82 Å². The zero-order valence-corrected chi connectivity index (χ0v) is 18.9. The molecule has 1 aromatic heterocycles. The molecule has 5 rings (SSSR count). The molecule has 0 spiro atoms. The smallest absolute Gasteiger partial charge is 0.381 e. The van der Waals surface area contributed by atoms with Crippen molar-refractivity contribution in [2.75, 3.05) is 11.9 Å². The van der Waals surface area contributed by atoms with E-state index in [-0.39, 0.29) is 5.56 Å². The van der Waals surface area contributed by atoms with Crippen molar-refractivity contribution in [1.82, 2.24) is 9.78 Å². The van der Waals surface area contributed by atoms with Crippen molar-refractivity contribution in [2.24, 2.45) is 0 Å². The number of benzene rings is 4. The number of fused-ring (bicyclic) bond motifs is 1. The Labute approximate surface area is 204 Å². The second kappa shape index (κ2) is 9.13. The molecule has 1 atom stereocenters. The first-order valence-corrected chi connectivity index (χ1v) is 11.2. The molecular formula is C28H21F4N3O. The zero-order chi connectivity index (χ0) is 25.3. The van der Waals surface area contributed by atoms with Gasteiger partial charge in [0.2, 0.25) is 5.60 Å². The van der Waals surface area contributed by atoms with Crippen LogP contribution in [0.2, 0.25) is 0 Å². The number of alkyl halides is 3. The van der Waals surface area contributed by atoms with Crippen molar-refractivity contribution < 1.29 is 22.7 Å². The SMILES string of the molecule is OC(CNc1ccc(-c2ccccc2)cc1)(c1ccc2c(cnn2-c2ccc(F)cc2)c1)C(F)(F)F. The monoisotopic (exact) mass is 491 g/mol. The molecule has 1 unspecified atom stereocenters. The van der Waals surface area contributed by atoms with Crippen LogP contribution >= 0.6 is 0 Å². The second-order valence-electron chi connectivity index (χ2n) is 8.46. The number of aliphatic hydroxyl groups is 1. The van der Waals surface area contributed by atoms with Crippen LogP contribution in [0.15, 0.2) is 103 Å². The molecule has 0 bridgehead atoms. The number of anilines is 1. The Morgan fingerprint density at radius 3 is 2.14 bits per heavy atom. The molecule has 4 nitrogen and oxygen atoms in total. The van der Waals surface area contributed by atoms with Crippen LogP contribution in [-0.2, 0) is 5.60 Å². The minimum atomic E-state index is -4.94. The van der Waals surface area contributed by atoms with Crippen molar-refractivity contribution in [1.29, 1.82) is 0 Å². The van der Waals surface area contributed by atoms with Crippen LogP contribution in [0.25, 0.3) is 27.7 Å². The largest absolute Gasteiger partial charge is 0.423 e. The highest BCUT2D eigenvalue weighted by Gasteiger charge is 2.55. The number of aromatic nitrogens is 2. The van der Waals surface area contributed by atoms with Crippen molar-refractivity contribution in [3.05, 3.63) is 115 Å². The summed E-state index contributed by atoms with van der Waals surface area (Å²) in [5.41, 5.74) is 0.000531. The molecule has 0 aliphatic rings. The fourth-order valence-corrected chi connectivity index (χ4v) is 4.09. The number of hydrogen-bond donors (Lipinski definition) is 2. The first-order chi connectivity index (χ1) is 17.2. The Morgan fingerprint density at radius 2 is 1.47 bits per heavy atom. The number of hydrogen-bond acceptors (Lipinski definition) is 3. The Hall–Kier alpha value is -4.17. The summed E-state index contributed by atoms with van der Waals surface area (Å²) in [4.78, 5) is 0. The van der Waals surface area contributed by atoms with Crippen LogP contribution in [0.3, 0.4) is 0 Å². The zero-order valence-electron chi connectivity index (χ0n) is 18.9. The molecule has 5 aromatic rings. The highest BCUT2D eigenvalue weighted by molar-refractivity contribution is 5.81. The first-order valence-electron chi connectivity index (χ1n) is 11.2. The Balaban J connectivity index is 1.41. The van der Waals surface area contributed by atoms with Crippen molar-refractivity contribution in [3.63, 3.8) is 0 Å². The first kappa shape index (κ1) is 23.6. The minimum absolute atomic E-state index is 0.311. The summed E-state index contributed by atoms with van der Waals surface area (Å²) in [6.07, 6.45) is -3.53. The summed E-state index contributed by atoms with van der Waals surface area (Å²) in [6.45, 7) is -0.779. The molecule has 8 heteroatoms. The highest BCUT2D eigenvalue weighted by atomic mass is 19.4. The molecule has 0 saturated carbocycles. The molecule has 182 valence electrons. The number of halogens is 4. The van der Waals surface area contributed by atoms with Gasteiger partial charge in [0, 0.05) is 11.1 Å². The predicted molar refractivity (Wildman–Crippen MR) is 131 cm³/mol. The van der Waals surface area contributed by atoms with Gasteiger partial charge in [-0.15, -0.1) is 0 Å². The molecule has 0 saturated heterocycles. The van der Waals surface area contributed by atoms with Crippen LogP contribution < -0.4 is 5.32 Å². The van der Waals surface area contributed by atoms with Gasteiger partial charge < -0.3 is 10.4 Å². The van der Waals surface area contributed by atoms with E-state index in [1.165, 1.54) is 53.3 Å². The van der Waals surface area contributed by atoms with Gasteiger partial charge in [-0.3, -0.25) is 0 Å². The third-order valence-corrected chi connectivity index (χ3v) is 6.13. The van der Waals surface area contributed by atoms with Gasteiger partial charge >= 0.3 is 6.18 Å². The number of rotatable bonds is 6. The summed E-state index contributed by atoms with van der Waals surface area (Å²) in [6, 6.07) is 26.1. The third-order valence-electron chi connectivity index (χ3n) is 6.13. The Morgan fingerprint density at radius 1 is 0.806 bits per heavy atom. The maximum atomic E-state index is 14.1. The summed E-state index contributed by atoms with van der Waals surface area (Å²) in [7, 11) is 0. The van der Waals surface area contributed by atoms with Gasteiger partial charge in [0.25, 0.3) is 0 Å². The van der Waals surface area contributed by atoms with Crippen LogP contribution in [0, 0.1) is 5.82 Å². The number of nitrogens with one attached hydrogen (secondary N) is 1. The minimum Gasteiger partial charge on any atom is -0.381 e. The van der Waals surface area contributed by atoms with Gasteiger partial charge in [-0.25, -0.2) is 9.07 Å². The topological polar surface area (TPSA) is 50.1 Å². The maximum Gasteiger partial charge on any atom is 0.423 e. The molecule has 36 heavy (non-hydrogen) atoms. The van der Waals surface area contributed by atoms with Crippen LogP contribution in [0.1, 0.15) is 5.56 Å². The van der Waals surface area contributed by atoms with Gasteiger partial charge in [0.15, 0.2) is 0 Å². The predicted octanol–water partition coefficient (Wildman–Crippen LogP) is 6.69. The Bertz CT molecular complexity index is 1480. The molecule has 4 aromatic carbocycles. The van der Waals surface area contributed by atoms with Crippen LogP contribution in [-0.4, -0.2) is 27.6 Å². The van der Waals surface area contributed by atoms with Gasteiger partial charge in [-0.1, -0.05) is 48.5 Å². The van der Waals surface area contributed by atoms with Crippen LogP contribution in [0.5, 0.6) is 0 Å². The van der Waals surface area contributed by atoms with Crippen molar-refractivity contribution in [2.45, 2.75) is 11.8 Å². The maximum absolute atomic E-state index is 14.1. The lowest BCUT2D eigenvalue weighted by Crippen LogP contribution is -2.47. The molecule has 0 fully saturated rings. The average Bonchev–Trinajstić information content (AvgIpc) is 3.31. The lowest BCUT2D eigenvalue weighted by molar-refractivity contribution is -0.260. The van der Waals surface area contributed by atoms with E-state index in [2.05, 4.69) is 10.4 Å². The fraction of sp³-hybridized carbons (Fsp3) is 0.107. The van der Waals surface area contributed by atoms with Gasteiger partial charge in [-0.2, -0.15) is 18.3 Å². The normalized spacial score (nSPS) is 13.5. The summed E-state index contributed by atoms with van der Waals surface area (Å²) in [5.74, 6) is -0.407. The third kappa shape index (κ3) is 4.43. The van der Waals surface area contributed by atoms with E-state index in [9.17, 15) is 22.7 Å². The van der Waals surface area contributed by atoms with E-state index < -0.39 is 24.1 Å². The van der Waals surface area contributed by atoms with Crippen molar-refractivity contribution in [3.8, 4) is 16.8 Å². The molecule has 0 amide bonds. The van der Waals surface area contributed by atoms with Crippen LogP contribution in [0.4, 0.5) is 23.2 Å². The van der Waals surface area contributed by atoms with E-state index in [1.807, 2.05) is 30.3 Å². The van der Waals surface area contributed by atoms with E-state index in [0.717, 1.165) is 11.1 Å². The lowest BCUT2D eigenvalue weighted by atomic mass is 9.91. The molecular weight excluding hydrogens is 470 g/mol. The molecule has 0 aliphatic carbocycles. The molecule has 2 N–H and O–H groups in total. The van der Waals surface area contributed by atoms with E-state index >= 15 is 0 Å².